The van der Waals surface area contributed by atoms with E-state index in [9.17, 15) is 13.2 Å². The molecule has 0 radical (unpaired) electrons. The van der Waals surface area contributed by atoms with Crippen LogP contribution in [0.15, 0.2) is 24.3 Å². The van der Waals surface area contributed by atoms with Crippen molar-refractivity contribution in [3.8, 4) is 5.75 Å². The van der Waals surface area contributed by atoms with E-state index in [1.54, 1.807) is 24.3 Å². The van der Waals surface area contributed by atoms with Crippen LogP contribution in [0.3, 0.4) is 0 Å². The van der Waals surface area contributed by atoms with Crippen LogP contribution in [0.25, 0.3) is 0 Å². The molecule has 0 spiro atoms. The summed E-state index contributed by atoms with van der Waals surface area (Å²) in [6.07, 6.45) is 1.89. The molecule has 0 heterocycles. The molecule has 0 fully saturated rings. The van der Waals surface area contributed by atoms with E-state index in [1.807, 2.05) is 20.8 Å². The Balaban J connectivity index is 2.70. The summed E-state index contributed by atoms with van der Waals surface area (Å²) in [5, 5.41) is 2.92. The molecule has 1 N–H and O–H groups in total. The zero-order valence-corrected chi connectivity index (χ0v) is 15.9. The largest absolute Gasteiger partial charge is 0.497 e. The third kappa shape index (κ3) is 6.39. The van der Waals surface area contributed by atoms with Crippen molar-refractivity contribution in [1.29, 1.82) is 0 Å². The van der Waals surface area contributed by atoms with Crippen LogP contribution in [0.2, 0.25) is 0 Å². The molecule has 24 heavy (non-hydrogen) atoms. The SMILES string of the molecule is COc1cccc(N(CCCC(=O)N[C@H](C)C(C)C)S(C)(=O)=O)c1. The van der Waals surface area contributed by atoms with Crippen LogP contribution in [-0.4, -0.2) is 40.3 Å². The molecular formula is C17H28N2O4S. The van der Waals surface area contributed by atoms with Gasteiger partial charge in [0.25, 0.3) is 0 Å². The van der Waals surface area contributed by atoms with Gasteiger partial charge in [-0.2, -0.15) is 0 Å². The number of carbonyl (C=O) groups excluding carboxylic acids is 1. The molecule has 0 saturated heterocycles. The number of nitrogens with one attached hydrogen (secondary N) is 1. The van der Waals surface area contributed by atoms with E-state index in [-0.39, 0.29) is 24.9 Å². The number of methoxy groups -OCH3 is 1. The van der Waals surface area contributed by atoms with Crippen molar-refractivity contribution in [2.75, 3.05) is 24.2 Å². The van der Waals surface area contributed by atoms with Crippen molar-refractivity contribution < 1.29 is 17.9 Å². The summed E-state index contributed by atoms with van der Waals surface area (Å²) < 4.78 is 30.6. The average molecular weight is 356 g/mol. The lowest BCUT2D eigenvalue weighted by molar-refractivity contribution is -0.122. The zero-order chi connectivity index (χ0) is 18.3. The van der Waals surface area contributed by atoms with Gasteiger partial charge in [-0.25, -0.2) is 8.42 Å². The molecule has 0 aromatic heterocycles. The lowest BCUT2D eigenvalue weighted by Gasteiger charge is -2.23. The number of sulfonamides is 1. The number of hydrogen-bond donors (Lipinski definition) is 1. The summed E-state index contributed by atoms with van der Waals surface area (Å²) in [6.45, 7) is 6.29. The Morgan fingerprint density at radius 2 is 1.96 bits per heavy atom. The fraction of sp³-hybridized carbons (Fsp3) is 0.588. The van der Waals surface area contributed by atoms with Crippen molar-refractivity contribution in [3.63, 3.8) is 0 Å². The fourth-order valence-electron chi connectivity index (χ4n) is 2.13. The van der Waals surface area contributed by atoms with Crippen molar-refractivity contribution in [1.82, 2.24) is 5.32 Å². The first-order valence-electron chi connectivity index (χ1n) is 8.06. The predicted molar refractivity (Wildman–Crippen MR) is 96.9 cm³/mol. The maximum absolute atomic E-state index is 12.1. The van der Waals surface area contributed by atoms with E-state index in [1.165, 1.54) is 11.4 Å². The molecule has 6 nitrogen and oxygen atoms in total. The number of anilines is 1. The Labute approximate surface area is 145 Å². The highest BCUT2D eigenvalue weighted by molar-refractivity contribution is 7.92. The predicted octanol–water partition coefficient (Wildman–Crippen LogP) is 2.40. The van der Waals surface area contributed by atoms with Crippen LogP contribution in [0.5, 0.6) is 5.75 Å². The molecular weight excluding hydrogens is 328 g/mol. The topological polar surface area (TPSA) is 75.7 Å². The quantitative estimate of drug-likeness (QED) is 0.737. The third-order valence-electron chi connectivity index (χ3n) is 3.90. The number of hydrogen-bond acceptors (Lipinski definition) is 4. The van der Waals surface area contributed by atoms with Crippen molar-refractivity contribution in [3.05, 3.63) is 24.3 Å². The normalized spacial score (nSPS) is 12.8. The van der Waals surface area contributed by atoms with Crippen LogP contribution in [0.1, 0.15) is 33.6 Å². The number of carbonyl (C=O) groups is 1. The van der Waals surface area contributed by atoms with Crippen LogP contribution in [0, 0.1) is 5.92 Å². The lowest BCUT2D eigenvalue weighted by Crippen LogP contribution is -2.37. The molecule has 1 aromatic carbocycles. The van der Waals surface area contributed by atoms with E-state index in [0.717, 1.165) is 6.26 Å². The molecule has 1 amide bonds. The molecule has 136 valence electrons. The second-order valence-electron chi connectivity index (χ2n) is 6.24. The minimum absolute atomic E-state index is 0.0599. The summed E-state index contributed by atoms with van der Waals surface area (Å²) in [7, 11) is -1.90. The van der Waals surface area contributed by atoms with Crippen LogP contribution < -0.4 is 14.4 Å². The van der Waals surface area contributed by atoms with E-state index < -0.39 is 10.0 Å². The maximum Gasteiger partial charge on any atom is 0.232 e. The summed E-state index contributed by atoms with van der Waals surface area (Å²) in [5.74, 6) is 0.887. The Morgan fingerprint density at radius 3 is 2.50 bits per heavy atom. The summed E-state index contributed by atoms with van der Waals surface area (Å²) in [5.41, 5.74) is 0.535. The van der Waals surface area contributed by atoms with Gasteiger partial charge in [-0.05, 0) is 31.4 Å². The van der Waals surface area contributed by atoms with Gasteiger partial charge in [0.2, 0.25) is 15.9 Å². The maximum atomic E-state index is 12.1. The number of nitrogens with zero attached hydrogens (tertiary/aromatic N) is 1. The minimum Gasteiger partial charge on any atom is -0.497 e. The van der Waals surface area contributed by atoms with Gasteiger partial charge >= 0.3 is 0 Å². The smallest absolute Gasteiger partial charge is 0.232 e. The Bertz CT molecular complexity index is 644. The average Bonchev–Trinajstić information content (AvgIpc) is 2.50. The highest BCUT2D eigenvalue weighted by atomic mass is 32.2. The van der Waals surface area contributed by atoms with Gasteiger partial charge in [-0.3, -0.25) is 9.10 Å². The van der Waals surface area contributed by atoms with Crippen LogP contribution >= 0.6 is 0 Å². The molecule has 0 aliphatic carbocycles. The van der Waals surface area contributed by atoms with Gasteiger partial charge in [0.05, 0.1) is 19.1 Å². The first-order valence-corrected chi connectivity index (χ1v) is 9.91. The number of rotatable bonds is 9. The summed E-state index contributed by atoms with van der Waals surface area (Å²) in [4.78, 5) is 11.9. The summed E-state index contributed by atoms with van der Waals surface area (Å²) >= 11 is 0. The second kappa shape index (κ2) is 8.92. The standard InChI is InChI=1S/C17H28N2O4S/c1-13(2)14(3)18-17(20)10-7-11-19(24(5,21)22)15-8-6-9-16(12-15)23-4/h6,8-9,12-14H,7,10-11H2,1-5H3,(H,18,20)/t14-/m1/s1. The van der Waals surface area contributed by atoms with E-state index in [2.05, 4.69) is 5.32 Å². The highest BCUT2D eigenvalue weighted by Gasteiger charge is 2.18. The summed E-state index contributed by atoms with van der Waals surface area (Å²) in [6, 6.07) is 6.97. The van der Waals surface area contributed by atoms with Crippen molar-refractivity contribution >= 4 is 21.6 Å². The molecule has 0 saturated carbocycles. The van der Waals surface area contributed by atoms with E-state index in [4.69, 9.17) is 4.74 Å². The lowest BCUT2D eigenvalue weighted by atomic mass is 10.1. The molecule has 1 aromatic rings. The van der Waals surface area contributed by atoms with Gasteiger partial charge in [0.15, 0.2) is 0 Å². The van der Waals surface area contributed by atoms with Crippen molar-refractivity contribution in [2.24, 2.45) is 5.92 Å². The minimum atomic E-state index is -3.43. The third-order valence-corrected chi connectivity index (χ3v) is 5.09. The molecule has 1 atom stereocenters. The van der Waals surface area contributed by atoms with Crippen LogP contribution in [-0.2, 0) is 14.8 Å². The number of ether oxygens (including phenoxy) is 1. The van der Waals surface area contributed by atoms with E-state index >= 15 is 0 Å². The van der Waals surface area contributed by atoms with Gasteiger partial charge < -0.3 is 10.1 Å². The molecule has 1 rings (SSSR count). The Kier molecular flexibility index (Phi) is 7.54. The zero-order valence-electron chi connectivity index (χ0n) is 15.1. The monoisotopic (exact) mass is 356 g/mol. The van der Waals surface area contributed by atoms with Gasteiger partial charge in [0.1, 0.15) is 5.75 Å². The molecule has 0 bridgehead atoms. The Hall–Kier alpha value is -1.76. The van der Waals surface area contributed by atoms with E-state index in [0.29, 0.717) is 23.8 Å². The molecule has 7 heteroatoms. The highest BCUT2D eigenvalue weighted by Crippen LogP contribution is 2.23. The van der Waals surface area contributed by atoms with Gasteiger partial charge in [-0.1, -0.05) is 19.9 Å². The number of amides is 1. The molecule has 0 unspecified atom stereocenters. The van der Waals surface area contributed by atoms with Gasteiger partial charge in [0, 0.05) is 25.1 Å². The van der Waals surface area contributed by atoms with Crippen LogP contribution in [0.4, 0.5) is 5.69 Å². The molecule has 0 aliphatic rings. The number of benzene rings is 1. The van der Waals surface area contributed by atoms with Gasteiger partial charge in [-0.15, -0.1) is 0 Å². The first-order chi connectivity index (χ1) is 11.1. The second-order valence-corrected chi connectivity index (χ2v) is 8.15. The van der Waals surface area contributed by atoms with Crippen molar-refractivity contribution in [2.45, 2.75) is 39.7 Å². The fourth-order valence-corrected chi connectivity index (χ4v) is 3.09. The Morgan fingerprint density at radius 1 is 1.29 bits per heavy atom. The molecule has 0 aliphatic heterocycles. The first kappa shape index (κ1) is 20.3.